The van der Waals surface area contributed by atoms with Crippen LogP contribution in [0.4, 0.5) is 0 Å². The lowest BCUT2D eigenvalue weighted by atomic mass is 10.1. The maximum absolute atomic E-state index is 6.05. The molecule has 1 saturated heterocycles. The van der Waals surface area contributed by atoms with Gasteiger partial charge in [0.15, 0.2) is 0 Å². The van der Waals surface area contributed by atoms with E-state index in [9.17, 15) is 0 Å². The van der Waals surface area contributed by atoms with E-state index in [0.717, 1.165) is 25.2 Å². The fourth-order valence-electron chi connectivity index (χ4n) is 2.63. The minimum absolute atomic E-state index is 0. The van der Waals surface area contributed by atoms with E-state index in [0.29, 0.717) is 12.0 Å². The smallest absolute Gasteiger partial charge is 0.0695 e. The van der Waals surface area contributed by atoms with Gasteiger partial charge in [-0.2, -0.15) is 5.10 Å². The van der Waals surface area contributed by atoms with Crippen molar-refractivity contribution in [3.8, 4) is 0 Å². The third kappa shape index (κ3) is 2.36. The Bertz CT molecular complexity index is 514. The first-order valence-electron chi connectivity index (χ1n) is 6.13. The average molecular weight is 267 g/mol. The van der Waals surface area contributed by atoms with E-state index in [2.05, 4.69) is 40.2 Å². The molecular formula is C13H19ClN4. The maximum Gasteiger partial charge on any atom is 0.0695 e. The Morgan fingerprint density at radius 1 is 1.44 bits per heavy atom. The fourth-order valence-corrected chi connectivity index (χ4v) is 2.63. The molecule has 5 heteroatoms. The molecule has 0 aliphatic carbocycles. The van der Waals surface area contributed by atoms with Crippen LogP contribution in [0, 0.1) is 5.92 Å². The van der Waals surface area contributed by atoms with Crippen LogP contribution in [0.25, 0.3) is 10.9 Å². The van der Waals surface area contributed by atoms with E-state index < -0.39 is 0 Å². The van der Waals surface area contributed by atoms with Crippen molar-refractivity contribution in [3.05, 3.63) is 30.0 Å². The van der Waals surface area contributed by atoms with Crippen LogP contribution in [0.15, 0.2) is 24.4 Å². The molecular weight excluding hydrogens is 248 g/mol. The molecule has 98 valence electrons. The number of benzene rings is 1. The van der Waals surface area contributed by atoms with E-state index in [1.165, 1.54) is 10.9 Å². The molecule has 18 heavy (non-hydrogen) atoms. The predicted molar refractivity (Wildman–Crippen MR) is 75.8 cm³/mol. The van der Waals surface area contributed by atoms with Crippen LogP contribution >= 0.6 is 12.4 Å². The summed E-state index contributed by atoms with van der Waals surface area (Å²) in [5.74, 6) is 0.593. The highest BCUT2D eigenvalue weighted by molar-refractivity contribution is 5.85. The number of aromatic amines is 1. The number of hydrogen-bond donors (Lipinski definition) is 2. The quantitative estimate of drug-likeness (QED) is 0.871. The molecule has 1 aromatic heterocycles. The molecule has 1 aromatic carbocycles. The first-order chi connectivity index (χ1) is 8.24. The molecule has 1 aliphatic heterocycles. The van der Waals surface area contributed by atoms with Crippen molar-refractivity contribution in [2.24, 2.45) is 11.7 Å². The lowest BCUT2D eigenvalue weighted by Crippen LogP contribution is -2.28. The maximum atomic E-state index is 6.05. The summed E-state index contributed by atoms with van der Waals surface area (Å²) >= 11 is 0. The number of fused-ring (bicyclic) bond motifs is 1. The van der Waals surface area contributed by atoms with E-state index in [1.54, 1.807) is 0 Å². The minimum atomic E-state index is 0. The van der Waals surface area contributed by atoms with Gasteiger partial charge < -0.3 is 5.73 Å². The molecule has 1 fully saturated rings. The number of nitrogens with two attached hydrogens (primary N) is 1. The Balaban J connectivity index is 0.00000120. The first kappa shape index (κ1) is 13.3. The van der Waals surface area contributed by atoms with Gasteiger partial charge in [-0.25, -0.2) is 0 Å². The minimum Gasteiger partial charge on any atom is -0.326 e. The second-order valence-electron chi connectivity index (χ2n) is 5.09. The number of rotatable bonds is 2. The monoisotopic (exact) mass is 266 g/mol. The van der Waals surface area contributed by atoms with Crippen LogP contribution < -0.4 is 5.73 Å². The molecule has 2 heterocycles. The van der Waals surface area contributed by atoms with Gasteiger partial charge in [0.1, 0.15) is 0 Å². The summed E-state index contributed by atoms with van der Waals surface area (Å²) in [6.07, 6.45) is 1.87. The van der Waals surface area contributed by atoms with Crippen molar-refractivity contribution >= 4 is 23.3 Å². The Labute approximate surface area is 113 Å². The topological polar surface area (TPSA) is 57.9 Å². The summed E-state index contributed by atoms with van der Waals surface area (Å²) in [7, 11) is 0. The van der Waals surface area contributed by atoms with Crippen molar-refractivity contribution in [1.29, 1.82) is 0 Å². The number of likely N-dealkylation sites (tertiary alicyclic amines) is 1. The summed E-state index contributed by atoms with van der Waals surface area (Å²) in [4.78, 5) is 2.42. The number of aromatic nitrogens is 2. The number of para-hydroxylation sites is 1. The molecule has 0 amide bonds. The summed E-state index contributed by atoms with van der Waals surface area (Å²) in [6, 6.07) is 6.65. The van der Waals surface area contributed by atoms with Crippen LogP contribution in [-0.2, 0) is 6.54 Å². The number of nitrogens with one attached hydrogen (secondary N) is 1. The molecule has 4 nitrogen and oxygen atoms in total. The van der Waals surface area contributed by atoms with Gasteiger partial charge in [0.2, 0.25) is 0 Å². The third-order valence-electron chi connectivity index (χ3n) is 3.70. The Morgan fingerprint density at radius 3 is 3.00 bits per heavy atom. The van der Waals surface area contributed by atoms with Gasteiger partial charge in [-0.05, 0) is 11.5 Å². The van der Waals surface area contributed by atoms with Crippen molar-refractivity contribution in [1.82, 2.24) is 15.1 Å². The SMILES string of the molecule is CC1CN(Cc2cccc3cn[nH]c23)CC1N.Cl. The van der Waals surface area contributed by atoms with Gasteiger partial charge in [-0.1, -0.05) is 25.1 Å². The number of H-pyrrole nitrogens is 1. The van der Waals surface area contributed by atoms with Crippen molar-refractivity contribution in [2.75, 3.05) is 13.1 Å². The van der Waals surface area contributed by atoms with Crippen molar-refractivity contribution in [3.63, 3.8) is 0 Å². The highest BCUT2D eigenvalue weighted by Gasteiger charge is 2.26. The Morgan fingerprint density at radius 2 is 2.28 bits per heavy atom. The lowest BCUT2D eigenvalue weighted by molar-refractivity contribution is 0.320. The second kappa shape index (κ2) is 5.26. The molecule has 2 atom stereocenters. The van der Waals surface area contributed by atoms with E-state index in [-0.39, 0.29) is 12.4 Å². The zero-order chi connectivity index (χ0) is 11.8. The van der Waals surface area contributed by atoms with Gasteiger partial charge in [0.25, 0.3) is 0 Å². The van der Waals surface area contributed by atoms with E-state index >= 15 is 0 Å². The highest BCUT2D eigenvalue weighted by atomic mass is 35.5. The van der Waals surface area contributed by atoms with Crippen molar-refractivity contribution in [2.45, 2.75) is 19.5 Å². The predicted octanol–water partition coefficient (Wildman–Crippen LogP) is 1.76. The first-order valence-corrected chi connectivity index (χ1v) is 6.13. The summed E-state index contributed by atoms with van der Waals surface area (Å²) < 4.78 is 0. The Kier molecular flexibility index (Phi) is 3.90. The normalized spacial score (nSPS) is 24.3. The summed E-state index contributed by atoms with van der Waals surface area (Å²) in [6.45, 7) is 5.26. The van der Waals surface area contributed by atoms with Crippen molar-refractivity contribution < 1.29 is 0 Å². The largest absolute Gasteiger partial charge is 0.326 e. The zero-order valence-corrected chi connectivity index (χ0v) is 11.3. The van der Waals surface area contributed by atoms with Gasteiger partial charge >= 0.3 is 0 Å². The van der Waals surface area contributed by atoms with Crippen LogP contribution in [-0.4, -0.2) is 34.2 Å². The molecule has 1 aliphatic rings. The zero-order valence-electron chi connectivity index (χ0n) is 10.5. The number of hydrogen-bond acceptors (Lipinski definition) is 3. The van der Waals surface area contributed by atoms with E-state index in [1.807, 2.05) is 6.20 Å². The Hall–Kier alpha value is -1.10. The van der Waals surface area contributed by atoms with E-state index in [4.69, 9.17) is 5.73 Å². The standard InChI is InChI=1S/C13H18N4.ClH/c1-9-6-17(8-12(9)14)7-11-4-2-3-10-5-15-16-13(10)11;/h2-5,9,12H,6-8,14H2,1H3,(H,15,16);1H. The molecule has 2 unspecified atom stereocenters. The van der Waals surface area contributed by atoms with Gasteiger partial charge in [-0.3, -0.25) is 10.00 Å². The molecule has 0 spiro atoms. The molecule has 0 saturated carbocycles. The molecule has 3 rings (SSSR count). The van der Waals surface area contributed by atoms with Gasteiger partial charge in [0, 0.05) is 31.1 Å². The average Bonchev–Trinajstić information content (AvgIpc) is 2.87. The molecule has 0 bridgehead atoms. The molecule has 2 aromatic rings. The second-order valence-corrected chi connectivity index (χ2v) is 5.09. The fraction of sp³-hybridized carbons (Fsp3) is 0.462. The lowest BCUT2D eigenvalue weighted by Gasteiger charge is -2.15. The third-order valence-corrected chi connectivity index (χ3v) is 3.70. The molecule has 3 N–H and O–H groups in total. The van der Waals surface area contributed by atoms with Crippen LogP contribution in [0.5, 0.6) is 0 Å². The summed E-state index contributed by atoms with van der Waals surface area (Å²) in [5, 5.41) is 8.35. The van der Waals surface area contributed by atoms with Crippen LogP contribution in [0.3, 0.4) is 0 Å². The number of nitrogens with zero attached hydrogens (tertiary/aromatic N) is 2. The van der Waals surface area contributed by atoms with Gasteiger partial charge in [-0.15, -0.1) is 12.4 Å². The summed E-state index contributed by atoms with van der Waals surface area (Å²) in [5.41, 5.74) is 8.51. The number of halogens is 1. The van der Waals surface area contributed by atoms with Crippen LogP contribution in [0.2, 0.25) is 0 Å². The van der Waals surface area contributed by atoms with Crippen LogP contribution in [0.1, 0.15) is 12.5 Å². The van der Waals surface area contributed by atoms with Gasteiger partial charge in [0.05, 0.1) is 11.7 Å². The molecule has 0 radical (unpaired) electrons. The highest BCUT2D eigenvalue weighted by Crippen LogP contribution is 2.21.